The fraction of sp³-hybridized carbons (Fsp3) is 0.600. The van der Waals surface area contributed by atoms with E-state index >= 15 is 0 Å². The third-order valence-corrected chi connectivity index (χ3v) is 3.49. The molecule has 0 saturated heterocycles. The Hall–Kier alpha value is -0.480. The van der Waals surface area contributed by atoms with Crippen LogP contribution in [0.15, 0.2) is 17.5 Å². The molecule has 4 heteroatoms. The summed E-state index contributed by atoms with van der Waals surface area (Å²) < 4.78 is 26.4. The summed E-state index contributed by atoms with van der Waals surface area (Å²) in [5.41, 5.74) is 0. The van der Waals surface area contributed by atoms with Gasteiger partial charge in [-0.2, -0.15) is 0 Å². The minimum atomic E-state index is -2.50. The predicted molar refractivity (Wildman–Crippen MR) is 53.7 cm³/mol. The lowest BCUT2D eigenvalue weighted by atomic mass is 10.2. The van der Waals surface area contributed by atoms with Gasteiger partial charge in [0, 0.05) is 17.8 Å². The topological polar surface area (TPSA) is 12.0 Å². The number of alkyl halides is 2. The highest BCUT2D eigenvalue weighted by molar-refractivity contribution is 7.09. The van der Waals surface area contributed by atoms with Crippen LogP contribution in [0.5, 0.6) is 0 Å². The lowest BCUT2D eigenvalue weighted by Gasteiger charge is -2.19. The quantitative estimate of drug-likeness (QED) is 0.820. The molecule has 1 nitrogen and oxygen atoms in total. The lowest BCUT2D eigenvalue weighted by Crippen LogP contribution is -2.39. The minimum Gasteiger partial charge on any atom is -0.304 e. The van der Waals surface area contributed by atoms with E-state index in [9.17, 15) is 8.78 Å². The van der Waals surface area contributed by atoms with Crippen LogP contribution >= 0.6 is 11.3 Å². The van der Waals surface area contributed by atoms with Crippen molar-refractivity contribution in [3.63, 3.8) is 0 Å². The first-order valence-electron chi connectivity index (χ1n) is 4.82. The molecular weight excluding hydrogens is 204 g/mol. The van der Waals surface area contributed by atoms with Crippen LogP contribution in [0.25, 0.3) is 0 Å². The SMILES string of the molecule is FC1(F)CCCC1NCc1cccs1. The highest BCUT2D eigenvalue weighted by Gasteiger charge is 2.43. The van der Waals surface area contributed by atoms with Gasteiger partial charge in [-0.05, 0) is 24.3 Å². The van der Waals surface area contributed by atoms with Crippen molar-refractivity contribution in [3.8, 4) is 0 Å². The average molecular weight is 217 g/mol. The second-order valence-corrected chi connectivity index (χ2v) is 4.70. The zero-order chi connectivity index (χ0) is 10.0. The van der Waals surface area contributed by atoms with Crippen LogP contribution < -0.4 is 5.32 Å². The standard InChI is InChI=1S/C10H13F2NS/c11-10(12)5-1-4-9(10)13-7-8-3-2-6-14-8/h2-3,6,9,13H,1,4-5,7H2. The second kappa shape index (κ2) is 3.95. The Bertz CT molecular complexity index is 284. The third-order valence-electron chi connectivity index (χ3n) is 2.62. The summed E-state index contributed by atoms with van der Waals surface area (Å²) >= 11 is 1.60. The molecule has 1 unspecified atom stereocenters. The number of nitrogens with one attached hydrogen (secondary N) is 1. The fourth-order valence-electron chi connectivity index (χ4n) is 1.82. The van der Waals surface area contributed by atoms with E-state index in [1.54, 1.807) is 11.3 Å². The van der Waals surface area contributed by atoms with Gasteiger partial charge >= 0.3 is 0 Å². The number of rotatable bonds is 3. The van der Waals surface area contributed by atoms with Crippen LogP contribution in [-0.2, 0) is 6.54 Å². The van der Waals surface area contributed by atoms with Crippen LogP contribution in [0.2, 0.25) is 0 Å². The maximum atomic E-state index is 13.2. The number of hydrogen-bond donors (Lipinski definition) is 1. The zero-order valence-electron chi connectivity index (χ0n) is 7.80. The van der Waals surface area contributed by atoms with Gasteiger partial charge in [0.15, 0.2) is 0 Å². The van der Waals surface area contributed by atoms with Crippen LogP contribution in [0.1, 0.15) is 24.1 Å². The van der Waals surface area contributed by atoms with Crippen molar-refractivity contribution in [2.45, 2.75) is 37.8 Å². The van der Waals surface area contributed by atoms with E-state index in [0.717, 1.165) is 4.88 Å². The first-order chi connectivity index (χ1) is 6.68. The third kappa shape index (κ3) is 2.12. The van der Waals surface area contributed by atoms with E-state index < -0.39 is 12.0 Å². The molecule has 1 fully saturated rings. The summed E-state index contributed by atoms with van der Waals surface area (Å²) in [5.74, 6) is -2.50. The van der Waals surface area contributed by atoms with E-state index in [4.69, 9.17) is 0 Å². The minimum absolute atomic E-state index is 0.0368. The van der Waals surface area contributed by atoms with Crippen molar-refractivity contribution in [2.75, 3.05) is 0 Å². The van der Waals surface area contributed by atoms with Gasteiger partial charge in [0.1, 0.15) is 0 Å². The summed E-state index contributed by atoms with van der Waals surface area (Å²) in [6, 6.07) is 3.28. The number of hydrogen-bond acceptors (Lipinski definition) is 2. The fourth-order valence-corrected chi connectivity index (χ4v) is 2.47. The Morgan fingerprint density at radius 2 is 2.43 bits per heavy atom. The molecule has 14 heavy (non-hydrogen) atoms. The molecule has 1 aromatic heterocycles. The van der Waals surface area contributed by atoms with E-state index in [1.165, 1.54) is 0 Å². The van der Waals surface area contributed by atoms with Crippen molar-refractivity contribution < 1.29 is 8.78 Å². The molecule has 78 valence electrons. The molecule has 1 N–H and O–H groups in total. The van der Waals surface area contributed by atoms with Crippen LogP contribution in [0.3, 0.4) is 0 Å². The van der Waals surface area contributed by atoms with Gasteiger partial charge in [-0.15, -0.1) is 11.3 Å². The molecule has 1 aliphatic carbocycles. The van der Waals surface area contributed by atoms with Gasteiger partial charge in [-0.3, -0.25) is 0 Å². The zero-order valence-corrected chi connectivity index (χ0v) is 8.62. The maximum Gasteiger partial charge on any atom is 0.263 e. The smallest absolute Gasteiger partial charge is 0.263 e. The molecule has 1 atom stereocenters. The molecule has 1 aliphatic rings. The molecule has 2 rings (SSSR count). The van der Waals surface area contributed by atoms with Crippen LogP contribution in [0.4, 0.5) is 8.78 Å². The first kappa shape index (κ1) is 10.1. The molecule has 0 aromatic carbocycles. The molecule has 0 amide bonds. The van der Waals surface area contributed by atoms with E-state index in [-0.39, 0.29) is 6.42 Å². The summed E-state index contributed by atoms with van der Waals surface area (Å²) in [6.45, 7) is 0.567. The van der Waals surface area contributed by atoms with Crippen LogP contribution in [0, 0.1) is 0 Å². The average Bonchev–Trinajstić information content (AvgIpc) is 2.71. The van der Waals surface area contributed by atoms with Crippen molar-refractivity contribution in [1.29, 1.82) is 0 Å². The Balaban J connectivity index is 1.86. The highest BCUT2D eigenvalue weighted by atomic mass is 32.1. The molecule has 1 aromatic rings. The van der Waals surface area contributed by atoms with Gasteiger partial charge in [-0.1, -0.05) is 6.07 Å². The van der Waals surface area contributed by atoms with Crippen molar-refractivity contribution in [3.05, 3.63) is 22.4 Å². The normalized spacial score (nSPS) is 25.4. The summed E-state index contributed by atoms with van der Waals surface area (Å²) in [6.07, 6.45) is 1.27. The molecular formula is C10H13F2NS. The predicted octanol–water partition coefficient (Wildman–Crippen LogP) is 3.03. The number of halogens is 2. The Labute approximate surface area is 86.1 Å². The monoisotopic (exact) mass is 217 g/mol. The van der Waals surface area contributed by atoms with Crippen molar-refractivity contribution in [1.82, 2.24) is 5.32 Å². The Morgan fingerprint density at radius 1 is 1.57 bits per heavy atom. The van der Waals surface area contributed by atoms with Gasteiger partial charge in [0.05, 0.1) is 6.04 Å². The molecule has 0 spiro atoms. The van der Waals surface area contributed by atoms with E-state index in [0.29, 0.717) is 19.4 Å². The molecule has 0 aliphatic heterocycles. The van der Waals surface area contributed by atoms with Gasteiger partial charge < -0.3 is 5.32 Å². The highest BCUT2D eigenvalue weighted by Crippen LogP contribution is 2.35. The number of thiophene rings is 1. The van der Waals surface area contributed by atoms with E-state index in [2.05, 4.69) is 5.32 Å². The summed E-state index contributed by atoms with van der Waals surface area (Å²) in [7, 11) is 0. The second-order valence-electron chi connectivity index (χ2n) is 3.67. The molecule has 0 bridgehead atoms. The van der Waals surface area contributed by atoms with Crippen molar-refractivity contribution in [2.24, 2.45) is 0 Å². The maximum absolute atomic E-state index is 13.2. The molecule has 1 heterocycles. The first-order valence-corrected chi connectivity index (χ1v) is 5.70. The Kier molecular flexibility index (Phi) is 2.83. The summed E-state index contributed by atoms with van der Waals surface area (Å²) in [5, 5.41) is 4.90. The molecule has 0 radical (unpaired) electrons. The Morgan fingerprint density at radius 3 is 3.00 bits per heavy atom. The van der Waals surface area contributed by atoms with Gasteiger partial charge in [0.25, 0.3) is 5.92 Å². The lowest BCUT2D eigenvalue weighted by molar-refractivity contribution is -0.0182. The van der Waals surface area contributed by atoms with Crippen LogP contribution in [-0.4, -0.2) is 12.0 Å². The molecule has 1 saturated carbocycles. The largest absolute Gasteiger partial charge is 0.304 e. The van der Waals surface area contributed by atoms with E-state index in [1.807, 2.05) is 17.5 Å². The van der Waals surface area contributed by atoms with Crippen molar-refractivity contribution >= 4 is 11.3 Å². The summed E-state index contributed by atoms with van der Waals surface area (Å²) in [4.78, 5) is 1.12. The van der Waals surface area contributed by atoms with Gasteiger partial charge in [-0.25, -0.2) is 8.78 Å². The van der Waals surface area contributed by atoms with Gasteiger partial charge in [0.2, 0.25) is 0 Å².